The predicted molar refractivity (Wildman–Crippen MR) is 189 cm³/mol. The van der Waals surface area contributed by atoms with Crippen LogP contribution in [0, 0.1) is 5.82 Å². The lowest BCUT2D eigenvalue weighted by molar-refractivity contribution is -0.140. The summed E-state index contributed by atoms with van der Waals surface area (Å²) in [6, 6.07) is 21.7. The molecule has 260 valence electrons. The summed E-state index contributed by atoms with van der Waals surface area (Å²) in [6.07, 6.45) is 1.70. The number of hydrogen-bond donors (Lipinski definition) is 1. The molecule has 1 N–H and O–H groups in total. The molecule has 9 nitrogen and oxygen atoms in total. The lowest BCUT2D eigenvalue weighted by atomic mass is 10.0. The van der Waals surface area contributed by atoms with Gasteiger partial charge < -0.3 is 19.7 Å². The molecular formula is C36H38Cl2FN3O6S. The van der Waals surface area contributed by atoms with E-state index < -0.39 is 40.2 Å². The second kappa shape index (κ2) is 17.4. The number of halogens is 3. The number of benzene rings is 4. The number of unbranched alkanes of at least 4 members (excludes halogenated alkanes) is 1. The SMILES string of the molecule is CCCCNC(=O)[C@H](Cc1ccccc1)N(Cc1ccc(Cl)cc1Cl)C(=O)CN(c1ccc(F)cc1)S(=O)(=O)c1ccc(OC)c(OC)c1. The Kier molecular flexibility index (Phi) is 13.3. The molecule has 0 unspecified atom stereocenters. The number of sulfonamides is 1. The Labute approximate surface area is 296 Å². The minimum atomic E-state index is -4.48. The van der Waals surface area contributed by atoms with Crippen molar-refractivity contribution < 1.29 is 31.9 Å². The van der Waals surface area contributed by atoms with Crippen LogP contribution >= 0.6 is 23.2 Å². The molecule has 0 heterocycles. The molecule has 0 fully saturated rings. The fraction of sp³-hybridized carbons (Fsp3) is 0.278. The third-order valence-electron chi connectivity index (χ3n) is 7.79. The second-order valence-electron chi connectivity index (χ2n) is 11.1. The predicted octanol–water partition coefficient (Wildman–Crippen LogP) is 6.90. The first-order chi connectivity index (χ1) is 23.5. The van der Waals surface area contributed by atoms with E-state index in [0.717, 1.165) is 34.8 Å². The van der Waals surface area contributed by atoms with E-state index in [1.165, 1.54) is 55.5 Å². The minimum absolute atomic E-state index is 0.0287. The molecule has 13 heteroatoms. The summed E-state index contributed by atoms with van der Waals surface area (Å²) in [4.78, 5) is 29.6. The number of ether oxygens (including phenoxy) is 2. The van der Waals surface area contributed by atoms with E-state index in [4.69, 9.17) is 32.7 Å². The maximum absolute atomic E-state index is 14.6. The highest BCUT2D eigenvalue weighted by atomic mass is 35.5. The van der Waals surface area contributed by atoms with Crippen LogP contribution in [0.3, 0.4) is 0 Å². The number of nitrogens with zero attached hydrogens (tertiary/aromatic N) is 2. The summed E-state index contributed by atoms with van der Waals surface area (Å²) in [5.41, 5.74) is 1.31. The summed E-state index contributed by atoms with van der Waals surface area (Å²) >= 11 is 12.7. The Bertz CT molecular complexity index is 1850. The first-order valence-electron chi connectivity index (χ1n) is 15.5. The molecule has 0 aliphatic heterocycles. The number of methoxy groups -OCH3 is 2. The number of nitrogens with one attached hydrogen (secondary N) is 1. The third-order valence-corrected chi connectivity index (χ3v) is 10.1. The normalized spacial score (nSPS) is 11.8. The van der Waals surface area contributed by atoms with E-state index in [0.29, 0.717) is 22.9 Å². The van der Waals surface area contributed by atoms with Crippen LogP contribution in [0.15, 0.2) is 95.9 Å². The summed E-state index contributed by atoms with van der Waals surface area (Å²) in [7, 11) is -1.69. The minimum Gasteiger partial charge on any atom is -0.493 e. The Hall–Kier alpha value is -4.32. The Balaban J connectivity index is 1.83. The van der Waals surface area contributed by atoms with Crippen molar-refractivity contribution in [1.82, 2.24) is 10.2 Å². The first kappa shape index (κ1) is 37.5. The van der Waals surface area contributed by atoms with Crippen molar-refractivity contribution in [3.05, 3.63) is 118 Å². The van der Waals surface area contributed by atoms with Crippen LogP contribution in [0.1, 0.15) is 30.9 Å². The summed E-state index contributed by atoms with van der Waals surface area (Å²) in [5, 5.41) is 3.58. The van der Waals surface area contributed by atoms with E-state index >= 15 is 0 Å². The molecule has 4 aromatic carbocycles. The van der Waals surface area contributed by atoms with E-state index in [-0.39, 0.29) is 34.3 Å². The maximum Gasteiger partial charge on any atom is 0.264 e. The van der Waals surface area contributed by atoms with Crippen molar-refractivity contribution in [2.24, 2.45) is 0 Å². The van der Waals surface area contributed by atoms with Gasteiger partial charge in [-0.05, 0) is 66.1 Å². The van der Waals surface area contributed by atoms with Gasteiger partial charge in [-0.15, -0.1) is 0 Å². The number of carbonyl (C=O) groups excluding carboxylic acids is 2. The van der Waals surface area contributed by atoms with E-state index in [1.807, 2.05) is 37.3 Å². The quantitative estimate of drug-likeness (QED) is 0.126. The average Bonchev–Trinajstić information content (AvgIpc) is 3.10. The Morgan fingerprint density at radius 2 is 1.59 bits per heavy atom. The molecule has 0 saturated carbocycles. The molecule has 4 aromatic rings. The van der Waals surface area contributed by atoms with Gasteiger partial charge >= 0.3 is 0 Å². The fourth-order valence-corrected chi connectivity index (χ4v) is 7.03. The molecule has 1 atom stereocenters. The molecule has 4 rings (SSSR count). The number of amides is 2. The largest absolute Gasteiger partial charge is 0.493 e. The summed E-state index contributed by atoms with van der Waals surface area (Å²) in [6.45, 7) is 1.51. The molecule has 0 aliphatic rings. The van der Waals surface area contributed by atoms with Crippen molar-refractivity contribution in [2.45, 2.75) is 43.7 Å². The van der Waals surface area contributed by atoms with Crippen LogP contribution in [0.4, 0.5) is 10.1 Å². The van der Waals surface area contributed by atoms with Gasteiger partial charge in [0.2, 0.25) is 11.8 Å². The van der Waals surface area contributed by atoms with Crippen LogP contribution in [0.25, 0.3) is 0 Å². The zero-order valence-electron chi connectivity index (χ0n) is 27.4. The summed E-state index contributed by atoms with van der Waals surface area (Å²) < 4.78 is 54.1. The third kappa shape index (κ3) is 9.65. The van der Waals surface area contributed by atoms with Crippen LogP contribution in [-0.2, 0) is 32.6 Å². The molecular weight excluding hydrogens is 692 g/mol. The van der Waals surface area contributed by atoms with Crippen LogP contribution in [-0.4, -0.2) is 58.5 Å². The fourth-order valence-electron chi connectivity index (χ4n) is 5.13. The van der Waals surface area contributed by atoms with Crippen molar-refractivity contribution in [3.63, 3.8) is 0 Å². The van der Waals surface area contributed by atoms with Crippen molar-refractivity contribution >= 4 is 50.7 Å². The van der Waals surface area contributed by atoms with Gasteiger partial charge in [-0.2, -0.15) is 0 Å². The monoisotopic (exact) mass is 729 g/mol. The lowest BCUT2D eigenvalue weighted by Crippen LogP contribution is -2.53. The van der Waals surface area contributed by atoms with Gasteiger partial charge in [0.1, 0.15) is 18.4 Å². The highest BCUT2D eigenvalue weighted by Crippen LogP contribution is 2.33. The smallest absolute Gasteiger partial charge is 0.264 e. The zero-order chi connectivity index (χ0) is 35.6. The molecule has 0 radical (unpaired) electrons. The zero-order valence-corrected chi connectivity index (χ0v) is 29.7. The topological polar surface area (TPSA) is 105 Å². The van der Waals surface area contributed by atoms with Crippen molar-refractivity contribution in [3.8, 4) is 11.5 Å². The van der Waals surface area contributed by atoms with Gasteiger partial charge in [0, 0.05) is 35.6 Å². The second-order valence-corrected chi connectivity index (χ2v) is 13.8. The number of hydrogen-bond acceptors (Lipinski definition) is 6. The van der Waals surface area contributed by atoms with Crippen LogP contribution in [0.2, 0.25) is 10.0 Å². The summed E-state index contributed by atoms with van der Waals surface area (Å²) in [5.74, 6) is -1.25. The van der Waals surface area contributed by atoms with Gasteiger partial charge in [0.25, 0.3) is 10.0 Å². The first-order valence-corrected chi connectivity index (χ1v) is 17.7. The standard InChI is InChI=1S/C36H38Cl2FN3O6S/c1-4-5-19-40-36(44)32(20-25-9-7-6-8-10-25)41(23-26-11-12-27(37)21-31(26)38)35(43)24-42(29-15-13-28(39)14-16-29)49(45,46)30-17-18-33(47-2)34(22-30)48-3/h6-18,21-22,32H,4-5,19-20,23-24H2,1-3H3,(H,40,44)/t32-/m0/s1. The van der Waals surface area contributed by atoms with Gasteiger partial charge in [-0.25, -0.2) is 12.8 Å². The highest BCUT2D eigenvalue weighted by Gasteiger charge is 2.35. The Morgan fingerprint density at radius 3 is 2.22 bits per heavy atom. The van der Waals surface area contributed by atoms with E-state index in [9.17, 15) is 22.4 Å². The molecule has 0 bridgehead atoms. The van der Waals surface area contributed by atoms with Gasteiger partial charge in [0.05, 0.1) is 24.8 Å². The van der Waals surface area contributed by atoms with Crippen LogP contribution in [0.5, 0.6) is 11.5 Å². The van der Waals surface area contributed by atoms with Gasteiger partial charge in [-0.3, -0.25) is 13.9 Å². The molecule has 0 spiro atoms. The number of carbonyl (C=O) groups is 2. The number of rotatable bonds is 16. The average molecular weight is 731 g/mol. The van der Waals surface area contributed by atoms with Gasteiger partial charge in [-0.1, -0.05) is 72.9 Å². The van der Waals surface area contributed by atoms with E-state index in [2.05, 4.69) is 5.32 Å². The molecule has 0 aliphatic carbocycles. The van der Waals surface area contributed by atoms with Crippen LogP contribution < -0.4 is 19.1 Å². The highest BCUT2D eigenvalue weighted by molar-refractivity contribution is 7.92. The Morgan fingerprint density at radius 1 is 0.898 bits per heavy atom. The van der Waals surface area contributed by atoms with Crippen molar-refractivity contribution in [2.75, 3.05) is 31.6 Å². The molecule has 2 amide bonds. The van der Waals surface area contributed by atoms with Gasteiger partial charge in [0.15, 0.2) is 11.5 Å². The molecule has 0 saturated heterocycles. The number of anilines is 1. The van der Waals surface area contributed by atoms with Crippen molar-refractivity contribution in [1.29, 1.82) is 0 Å². The lowest BCUT2D eigenvalue weighted by Gasteiger charge is -2.34. The molecule has 49 heavy (non-hydrogen) atoms. The maximum atomic E-state index is 14.6. The van der Waals surface area contributed by atoms with E-state index in [1.54, 1.807) is 12.1 Å². The molecule has 0 aromatic heterocycles.